The van der Waals surface area contributed by atoms with Crippen molar-refractivity contribution >= 4 is 62.0 Å². The van der Waals surface area contributed by atoms with E-state index in [0.29, 0.717) is 64.5 Å². The predicted molar refractivity (Wildman–Crippen MR) is 279 cm³/mol. The lowest BCUT2D eigenvalue weighted by atomic mass is 9.90. The summed E-state index contributed by atoms with van der Waals surface area (Å²) in [7, 11) is -8.81. The van der Waals surface area contributed by atoms with E-state index < -0.39 is 130 Å². The van der Waals surface area contributed by atoms with E-state index in [4.69, 9.17) is 17.2 Å². The minimum atomic E-state index is -4.41. The van der Waals surface area contributed by atoms with Gasteiger partial charge in [-0.2, -0.15) is 0 Å². The van der Waals surface area contributed by atoms with E-state index in [1.165, 1.54) is 37.8 Å². The van der Waals surface area contributed by atoms with Gasteiger partial charge in [0.15, 0.2) is 23.1 Å². The number of aryl methyl sites for hydroxylation is 2. The molecule has 0 spiro atoms. The molecule has 0 radical (unpaired) electrons. The van der Waals surface area contributed by atoms with Gasteiger partial charge in [-0.3, -0.25) is 56.8 Å². The molecule has 430 valence electrons. The maximum atomic E-state index is 14.3. The molecule has 2 aromatic heterocycles. The zero-order chi connectivity index (χ0) is 57.2. The quantitative estimate of drug-likeness (QED) is 0.0302. The minimum Gasteiger partial charge on any atom is -0.346 e. The number of hydrogen-bond acceptors (Lipinski definition) is 17. The summed E-state index contributed by atoms with van der Waals surface area (Å²) in [6, 6.07) is -4.37. The van der Waals surface area contributed by atoms with E-state index in [2.05, 4.69) is 41.9 Å². The van der Waals surface area contributed by atoms with Crippen molar-refractivity contribution in [3.8, 4) is 0 Å². The Hall–Kier alpha value is -4.98. The minimum absolute atomic E-state index is 0.118. The van der Waals surface area contributed by atoms with Crippen molar-refractivity contribution in [2.45, 2.75) is 168 Å². The summed E-state index contributed by atoms with van der Waals surface area (Å²) in [6.07, 6.45) is 4.25. The van der Waals surface area contributed by atoms with Crippen LogP contribution in [0.1, 0.15) is 129 Å². The number of rotatable bonds is 41. The zero-order valence-electron chi connectivity index (χ0n) is 44.5. The highest BCUT2D eigenvalue weighted by Crippen LogP contribution is 2.34. The zero-order valence-corrected chi connectivity index (χ0v) is 46.3. The average molecular weight is 1120 g/mol. The van der Waals surface area contributed by atoms with Gasteiger partial charge in [-0.25, -0.2) is 0 Å². The number of amides is 4. The van der Waals surface area contributed by atoms with Gasteiger partial charge in [0, 0.05) is 62.3 Å². The molecule has 2 heterocycles. The van der Waals surface area contributed by atoms with Crippen molar-refractivity contribution in [2.24, 2.45) is 40.9 Å². The highest BCUT2D eigenvalue weighted by atomic mass is 31.2. The van der Waals surface area contributed by atoms with E-state index in [9.17, 15) is 67.1 Å². The number of carbonyl (C=O) groups excluding carboxylic acids is 8. The Balaban J connectivity index is 2.45. The standard InChI is InChI=1S/C47H83N13O14P2/c1-6-30(2)44(65)53-39(15-9-12-18-50)43(64)26-35(24-36-28-59(57-55-36)19-21-75(69,70)71)47(68)51-32(4)41(62)25-34(13-7-10-16-48)46(67)54-40(27-37-29-60(58-56-37)20-22-76(72,73)74)42(63)23-31(3)45(66)52-38(33(5)61)14-8-11-17-49/h28-32,34-35,38-40H,6-27,48-50H2,1-5H3,(H,51,68)(H,52,66)(H,53,65)(H,54,67)(H2,69,70,71)(H2,72,73,74)/t30-,31-,32+,34-,35-,38+,39+,40+/m1/s1. The second-order valence-electron chi connectivity index (χ2n) is 19.6. The number of ketones is 4. The van der Waals surface area contributed by atoms with E-state index in [1.54, 1.807) is 6.92 Å². The van der Waals surface area contributed by atoms with Gasteiger partial charge in [-0.15, -0.1) is 10.2 Å². The lowest BCUT2D eigenvalue weighted by Crippen LogP contribution is -2.48. The molecule has 27 nitrogen and oxygen atoms in total. The number of nitrogens with zero attached hydrogens (tertiary/aromatic N) is 6. The molecule has 14 N–H and O–H groups in total. The first kappa shape index (κ1) is 67.1. The van der Waals surface area contributed by atoms with Crippen LogP contribution in [0, 0.1) is 23.7 Å². The van der Waals surface area contributed by atoms with Crippen LogP contribution in [-0.2, 0) is 73.4 Å². The van der Waals surface area contributed by atoms with Gasteiger partial charge in [0.2, 0.25) is 23.6 Å². The lowest BCUT2D eigenvalue weighted by Gasteiger charge is -2.25. The second kappa shape index (κ2) is 34.0. The molecule has 0 aliphatic rings. The second-order valence-corrected chi connectivity index (χ2v) is 23.2. The van der Waals surface area contributed by atoms with Crippen molar-refractivity contribution in [3.05, 3.63) is 23.8 Å². The molecular formula is C47H83N13O14P2. The van der Waals surface area contributed by atoms with Crippen LogP contribution in [0.4, 0.5) is 0 Å². The third-order valence-corrected chi connectivity index (χ3v) is 14.5. The van der Waals surface area contributed by atoms with Crippen LogP contribution in [-0.4, -0.2) is 152 Å². The first-order chi connectivity index (χ1) is 35.7. The van der Waals surface area contributed by atoms with Crippen LogP contribution in [0.3, 0.4) is 0 Å². The third kappa shape index (κ3) is 26.4. The lowest BCUT2D eigenvalue weighted by molar-refractivity contribution is -0.135. The Labute approximate surface area is 443 Å². The fraction of sp³-hybridized carbons (Fsp3) is 0.745. The molecule has 0 unspecified atom stereocenters. The topological polar surface area (TPSA) is 439 Å². The van der Waals surface area contributed by atoms with Gasteiger partial charge in [-0.1, -0.05) is 37.6 Å². The molecule has 4 amide bonds. The molecule has 0 aliphatic carbocycles. The molecular weight excluding hydrogens is 1030 g/mol. The predicted octanol–water partition coefficient (Wildman–Crippen LogP) is -0.262. The Kier molecular flexibility index (Phi) is 30.0. The highest BCUT2D eigenvalue weighted by molar-refractivity contribution is 7.52. The van der Waals surface area contributed by atoms with E-state index in [1.807, 2.05) is 6.92 Å². The molecule has 0 aromatic carbocycles. The molecule has 76 heavy (non-hydrogen) atoms. The molecule has 2 aromatic rings. The van der Waals surface area contributed by atoms with Crippen molar-refractivity contribution in [3.63, 3.8) is 0 Å². The van der Waals surface area contributed by atoms with Crippen LogP contribution in [0.25, 0.3) is 0 Å². The molecule has 0 saturated heterocycles. The van der Waals surface area contributed by atoms with Gasteiger partial charge < -0.3 is 58.0 Å². The Morgan fingerprint density at radius 1 is 0.553 bits per heavy atom. The summed E-state index contributed by atoms with van der Waals surface area (Å²) < 4.78 is 25.4. The van der Waals surface area contributed by atoms with Crippen molar-refractivity contribution < 1.29 is 67.1 Å². The number of unbranched alkanes of at least 4 members (excludes halogenated alkanes) is 3. The normalized spacial score (nSPS) is 15.1. The van der Waals surface area contributed by atoms with E-state index in [0.717, 1.165) is 4.68 Å². The number of nitrogens with two attached hydrogens (primary N) is 3. The van der Waals surface area contributed by atoms with E-state index >= 15 is 0 Å². The first-order valence-corrected chi connectivity index (χ1v) is 29.6. The van der Waals surface area contributed by atoms with Crippen LogP contribution in [0.5, 0.6) is 0 Å². The summed E-state index contributed by atoms with van der Waals surface area (Å²) in [6.45, 7) is 8.36. The van der Waals surface area contributed by atoms with Crippen molar-refractivity contribution in [1.82, 2.24) is 51.3 Å². The van der Waals surface area contributed by atoms with Crippen molar-refractivity contribution in [1.29, 1.82) is 0 Å². The van der Waals surface area contributed by atoms with E-state index in [-0.39, 0.29) is 68.4 Å². The molecule has 29 heteroatoms. The van der Waals surface area contributed by atoms with Crippen LogP contribution >= 0.6 is 15.2 Å². The van der Waals surface area contributed by atoms with Gasteiger partial charge in [-0.05, 0) is 91.3 Å². The summed E-state index contributed by atoms with van der Waals surface area (Å²) in [5.41, 5.74) is 17.4. The van der Waals surface area contributed by atoms with Gasteiger partial charge in [0.05, 0.1) is 66.9 Å². The summed E-state index contributed by atoms with van der Waals surface area (Å²) >= 11 is 0. The number of Topliss-reactive ketones (excluding diaryl/α,β-unsaturated/α-hetero) is 4. The first-order valence-electron chi connectivity index (χ1n) is 26.0. The van der Waals surface area contributed by atoms with Gasteiger partial charge in [0.25, 0.3) is 0 Å². The average Bonchev–Trinajstić information content (AvgIpc) is 4.01. The van der Waals surface area contributed by atoms with Gasteiger partial charge >= 0.3 is 15.2 Å². The van der Waals surface area contributed by atoms with Crippen LogP contribution in [0.15, 0.2) is 12.4 Å². The van der Waals surface area contributed by atoms with Crippen LogP contribution < -0.4 is 38.5 Å². The fourth-order valence-electron chi connectivity index (χ4n) is 7.91. The van der Waals surface area contributed by atoms with Crippen LogP contribution in [0.2, 0.25) is 0 Å². The molecule has 8 atom stereocenters. The van der Waals surface area contributed by atoms with Crippen molar-refractivity contribution in [2.75, 3.05) is 32.0 Å². The monoisotopic (exact) mass is 1120 g/mol. The molecule has 0 saturated carbocycles. The number of carbonyl (C=O) groups is 8. The molecule has 0 aliphatic heterocycles. The third-order valence-electron chi connectivity index (χ3n) is 12.9. The molecule has 0 fully saturated rings. The molecule has 0 bridgehead atoms. The smallest absolute Gasteiger partial charge is 0.327 e. The SMILES string of the molecule is CC[C@@H](C)C(=O)N[C@@H](CCCCN)C(=O)C[C@@H](Cc1cn(CCP(=O)(O)O)nn1)C(=O)N[C@@H](C)C(=O)C[C@@H](CCCCN)C(=O)N[C@@H](Cc1cn(CCP(=O)(O)O)nn1)C(=O)C[C@@H](C)C(=O)N[C@@H](CCCCN)C(C)=O. The summed E-state index contributed by atoms with van der Waals surface area (Å²) in [5, 5.41) is 26.8. The maximum Gasteiger partial charge on any atom is 0.327 e. The largest absolute Gasteiger partial charge is 0.346 e. The Morgan fingerprint density at radius 2 is 0.987 bits per heavy atom. The summed E-state index contributed by atoms with van der Waals surface area (Å²) in [4.78, 5) is 147. The number of aromatic nitrogens is 6. The maximum absolute atomic E-state index is 14.3. The summed E-state index contributed by atoms with van der Waals surface area (Å²) in [5.74, 6) is -8.02. The number of nitrogens with one attached hydrogen (secondary N) is 4. The Morgan fingerprint density at radius 3 is 1.49 bits per heavy atom. The highest BCUT2D eigenvalue weighted by Gasteiger charge is 2.34. The molecule has 2 rings (SSSR count). The Bertz CT molecular complexity index is 2300. The van der Waals surface area contributed by atoms with Gasteiger partial charge in [0.1, 0.15) is 0 Å². The number of hydrogen-bond donors (Lipinski definition) is 11. The fourth-order valence-corrected chi connectivity index (χ4v) is 8.84.